The molecule has 0 aromatic heterocycles. The first-order valence-corrected chi connectivity index (χ1v) is 8.57. The van der Waals surface area contributed by atoms with Gasteiger partial charge in [0.05, 0.1) is 0 Å². The van der Waals surface area contributed by atoms with Crippen molar-refractivity contribution in [2.45, 2.75) is 65.3 Å². The number of hydrogen-bond donors (Lipinski definition) is 1. The van der Waals surface area contributed by atoms with E-state index in [0.717, 1.165) is 18.4 Å². The number of rotatable bonds is 6. The van der Waals surface area contributed by atoms with E-state index in [1.165, 1.54) is 38.5 Å². The Morgan fingerprint density at radius 2 is 2.05 bits per heavy atom. The molecule has 1 nitrogen and oxygen atoms in total. The Balaban J connectivity index is 2.22. The van der Waals surface area contributed by atoms with Gasteiger partial charge in [-0.1, -0.05) is 51.5 Å². The first kappa shape index (κ1) is 15.6. The molecule has 3 atom stereocenters. The minimum atomic E-state index is 0.572. The Kier molecular flexibility index (Phi) is 6.09. The summed E-state index contributed by atoms with van der Waals surface area (Å²) in [5.74, 6) is 1.65. The third kappa shape index (κ3) is 3.85. The van der Waals surface area contributed by atoms with Gasteiger partial charge in [0.25, 0.3) is 0 Å². The molecule has 1 aromatic rings. The molecule has 1 aliphatic rings. The second-order valence-corrected chi connectivity index (χ2v) is 6.53. The average Bonchev–Trinajstić information content (AvgIpc) is 2.64. The number of aryl methyl sites for hydroxylation is 1. The van der Waals surface area contributed by atoms with Crippen molar-refractivity contribution in [3.8, 4) is 0 Å². The van der Waals surface area contributed by atoms with Gasteiger partial charge in [0, 0.05) is 6.04 Å². The third-order valence-electron chi connectivity index (χ3n) is 4.90. The molecule has 0 fully saturated rings. The molecule has 0 saturated carbocycles. The van der Waals surface area contributed by atoms with E-state index in [9.17, 15) is 0 Å². The number of benzene rings is 1. The van der Waals surface area contributed by atoms with E-state index in [4.69, 9.17) is 0 Å². The minimum absolute atomic E-state index is 0.572. The van der Waals surface area contributed by atoms with Gasteiger partial charge in [-0.25, -0.2) is 0 Å². The van der Waals surface area contributed by atoms with E-state index in [2.05, 4.69) is 50.4 Å². The van der Waals surface area contributed by atoms with Crippen LogP contribution in [0.5, 0.6) is 0 Å². The van der Waals surface area contributed by atoms with Crippen LogP contribution >= 0.6 is 0 Å². The van der Waals surface area contributed by atoms with Crippen molar-refractivity contribution in [3.63, 3.8) is 0 Å². The first-order valence-electron chi connectivity index (χ1n) is 8.57. The van der Waals surface area contributed by atoms with E-state index < -0.39 is 0 Å². The van der Waals surface area contributed by atoms with E-state index >= 15 is 0 Å². The summed E-state index contributed by atoms with van der Waals surface area (Å²) in [5, 5.41) is 3.85. The van der Waals surface area contributed by atoms with Gasteiger partial charge in [-0.3, -0.25) is 0 Å². The van der Waals surface area contributed by atoms with Gasteiger partial charge in [0.1, 0.15) is 0 Å². The lowest BCUT2D eigenvalue weighted by atomic mass is 9.83. The summed E-state index contributed by atoms with van der Waals surface area (Å²) < 4.78 is 0. The SMILES string of the molecule is CCCNC1c2ccccc2CCCC1CC(C)CC. The van der Waals surface area contributed by atoms with Crippen LogP contribution in [0, 0.1) is 11.8 Å². The lowest BCUT2D eigenvalue weighted by Crippen LogP contribution is -2.30. The summed E-state index contributed by atoms with van der Waals surface area (Å²) in [6.07, 6.45) is 7.87. The Morgan fingerprint density at radius 1 is 1.25 bits per heavy atom. The molecule has 0 amide bonds. The number of hydrogen-bond acceptors (Lipinski definition) is 1. The molecule has 1 aliphatic carbocycles. The van der Waals surface area contributed by atoms with Gasteiger partial charge in [-0.15, -0.1) is 0 Å². The molecule has 1 heteroatoms. The van der Waals surface area contributed by atoms with Crippen LogP contribution in [-0.2, 0) is 6.42 Å². The predicted octanol–water partition coefficient (Wildman–Crippen LogP) is 5.12. The largest absolute Gasteiger partial charge is 0.310 e. The highest BCUT2D eigenvalue weighted by Gasteiger charge is 2.27. The van der Waals surface area contributed by atoms with Crippen LogP contribution in [0.2, 0.25) is 0 Å². The monoisotopic (exact) mass is 273 g/mol. The molecule has 0 radical (unpaired) electrons. The summed E-state index contributed by atoms with van der Waals surface area (Å²) in [4.78, 5) is 0. The van der Waals surface area contributed by atoms with Crippen LogP contribution in [0.4, 0.5) is 0 Å². The Bertz CT molecular complexity index is 399. The zero-order valence-electron chi connectivity index (χ0n) is 13.5. The van der Waals surface area contributed by atoms with E-state index in [0.29, 0.717) is 6.04 Å². The zero-order chi connectivity index (χ0) is 14.4. The Morgan fingerprint density at radius 3 is 2.80 bits per heavy atom. The van der Waals surface area contributed by atoms with Gasteiger partial charge in [0.2, 0.25) is 0 Å². The highest BCUT2D eigenvalue weighted by molar-refractivity contribution is 5.31. The molecular formula is C19H31N. The molecule has 0 aliphatic heterocycles. The Hall–Kier alpha value is -0.820. The van der Waals surface area contributed by atoms with E-state index in [-0.39, 0.29) is 0 Å². The van der Waals surface area contributed by atoms with Crippen LogP contribution in [0.3, 0.4) is 0 Å². The molecule has 0 bridgehead atoms. The topological polar surface area (TPSA) is 12.0 Å². The van der Waals surface area contributed by atoms with Crippen LogP contribution in [0.1, 0.15) is 70.0 Å². The van der Waals surface area contributed by atoms with Gasteiger partial charge in [-0.2, -0.15) is 0 Å². The molecule has 2 rings (SSSR count). The molecule has 20 heavy (non-hydrogen) atoms. The fourth-order valence-corrected chi connectivity index (χ4v) is 3.55. The smallest absolute Gasteiger partial charge is 0.0351 e. The lowest BCUT2D eigenvalue weighted by molar-refractivity contribution is 0.280. The summed E-state index contributed by atoms with van der Waals surface area (Å²) >= 11 is 0. The predicted molar refractivity (Wildman–Crippen MR) is 88.0 cm³/mol. The second-order valence-electron chi connectivity index (χ2n) is 6.53. The Labute approximate surface area is 125 Å². The van der Waals surface area contributed by atoms with Crippen molar-refractivity contribution >= 4 is 0 Å². The summed E-state index contributed by atoms with van der Waals surface area (Å²) in [6, 6.07) is 9.68. The van der Waals surface area contributed by atoms with Gasteiger partial charge in [-0.05, 0) is 61.6 Å². The highest BCUT2D eigenvalue weighted by Crippen LogP contribution is 2.37. The maximum Gasteiger partial charge on any atom is 0.0351 e. The van der Waals surface area contributed by atoms with E-state index in [1.807, 2.05) is 0 Å². The van der Waals surface area contributed by atoms with Crippen molar-refractivity contribution in [2.75, 3.05) is 6.54 Å². The summed E-state index contributed by atoms with van der Waals surface area (Å²) in [5.41, 5.74) is 3.15. The number of nitrogens with one attached hydrogen (secondary N) is 1. The van der Waals surface area contributed by atoms with E-state index in [1.54, 1.807) is 11.1 Å². The minimum Gasteiger partial charge on any atom is -0.310 e. The fourth-order valence-electron chi connectivity index (χ4n) is 3.55. The van der Waals surface area contributed by atoms with Crippen molar-refractivity contribution < 1.29 is 0 Å². The van der Waals surface area contributed by atoms with Gasteiger partial charge >= 0.3 is 0 Å². The van der Waals surface area contributed by atoms with Gasteiger partial charge in [0.15, 0.2) is 0 Å². The molecule has 0 saturated heterocycles. The maximum atomic E-state index is 3.85. The zero-order valence-corrected chi connectivity index (χ0v) is 13.5. The van der Waals surface area contributed by atoms with Crippen LogP contribution in [-0.4, -0.2) is 6.54 Å². The first-order chi connectivity index (χ1) is 9.76. The van der Waals surface area contributed by atoms with Crippen molar-refractivity contribution in [1.82, 2.24) is 5.32 Å². The summed E-state index contributed by atoms with van der Waals surface area (Å²) in [6.45, 7) is 8.13. The van der Waals surface area contributed by atoms with Crippen LogP contribution < -0.4 is 5.32 Å². The quantitative estimate of drug-likeness (QED) is 0.710. The van der Waals surface area contributed by atoms with Crippen molar-refractivity contribution in [2.24, 2.45) is 11.8 Å². The lowest BCUT2D eigenvalue weighted by Gasteiger charge is -2.29. The van der Waals surface area contributed by atoms with Gasteiger partial charge < -0.3 is 5.32 Å². The molecule has 112 valence electrons. The molecule has 0 heterocycles. The fraction of sp³-hybridized carbons (Fsp3) is 0.684. The maximum absolute atomic E-state index is 3.85. The standard InChI is InChI=1S/C19H31N/c1-4-13-20-19-17(14-15(3)5-2)11-8-10-16-9-6-7-12-18(16)19/h6-7,9,12,15,17,19-20H,4-5,8,10-11,13-14H2,1-3H3. The normalized spacial score (nSPS) is 23.9. The molecule has 0 spiro atoms. The molecule has 3 unspecified atom stereocenters. The molecular weight excluding hydrogens is 242 g/mol. The van der Waals surface area contributed by atoms with Crippen LogP contribution in [0.25, 0.3) is 0 Å². The highest BCUT2D eigenvalue weighted by atomic mass is 14.9. The molecule has 1 N–H and O–H groups in total. The number of fused-ring (bicyclic) bond motifs is 1. The van der Waals surface area contributed by atoms with Crippen LogP contribution in [0.15, 0.2) is 24.3 Å². The van der Waals surface area contributed by atoms with Crippen molar-refractivity contribution in [1.29, 1.82) is 0 Å². The molecule has 1 aromatic carbocycles. The average molecular weight is 273 g/mol. The summed E-state index contributed by atoms with van der Waals surface area (Å²) in [7, 11) is 0. The van der Waals surface area contributed by atoms with Crippen molar-refractivity contribution in [3.05, 3.63) is 35.4 Å². The second kappa shape index (κ2) is 7.83. The third-order valence-corrected chi connectivity index (χ3v) is 4.90.